The van der Waals surface area contributed by atoms with Crippen LogP contribution in [0.3, 0.4) is 0 Å². The largest absolute Gasteiger partial charge is 0.455 e. The van der Waals surface area contributed by atoms with Crippen molar-refractivity contribution < 1.29 is 4.42 Å². The molecule has 1 heterocycles. The van der Waals surface area contributed by atoms with Gasteiger partial charge in [-0.15, -0.1) is 0 Å². The van der Waals surface area contributed by atoms with Crippen LogP contribution in [0.4, 0.5) is 0 Å². The molecule has 1 aromatic heterocycles. The Morgan fingerprint density at radius 3 is 1.49 bits per heavy atom. The minimum atomic E-state index is -1.71. The summed E-state index contributed by atoms with van der Waals surface area (Å²) in [5, 5.41) is 10.6. The molecule has 9 aromatic rings. The summed E-state index contributed by atoms with van der Waals surface area (Å²) in [6.07, 6.45) is 0. The molecule has 1 aliphatic rings. The van der Waals surface area contributed by atoms with Crippen LogP contribution in [0.5, 0.6) is 0 Å². The second kappa shape index (κ2) is 11.5. The van der Waals surface area contributed by atoms with Gasteiger partial charge in [-0.2, -0.15) is 0 Å². The Hall–Kier alpha value is -5.49. The maximum Gasteiger partial charge on any atom is 0.143 e. The van der Waals surface area contributed by atoms with Crippen molar-refractivity contribution in [2.45, 2.75) is 39.3 Å². The summed E-state index contributed by atoms with van der Waals surface area (Å²) in [5.74, 6) is 0. The minimum Gasteiger partial charge on any atom is -0.455 e. The Morgan fingerprint density at radius 2 is 0.887 bits per heavy atom. The van der Waals surface area contributed by atoms with Gasteiger partial charge in [-0.25, -0.2) is 0 Å². The van der Waals surface area contributed by atoms with E-state index in [1.165, 1.54) is 98.3 Å². The lowest BCUT2D eigenvalue weighted by Gasteiger charge is -2.20. The Balaban J connectivity index is 1.33. The number of fused-ring (bicyclic) bond motifs is 7. The summed E-state index contributed by atoms with van der Waals surface area (Å²) >= 11 is 0. The van der Waals surface area contributed by atoms with Crippen LogP contribution >= 0.6 is 0 Å². The summed E-state index contributed by atoms with van der Waals surface area (Å²) in [7, 11) is -3.23. The highest BCUT2D eigenvalue weighted by atomic mass is 28.3. The van der Waals surface area contributed by atoms with Crippen LogP contribution in [0, 0.1) is 0 Å². The Morgan fingerprint density at radius 1 is 0.358 bits per heavy atom. The molecule has 0 saturated heterocycles. The smallest absolute Gasteiger partial charge is 0.143 e. The number of hydrogen-bond acceptors (Lipinski definition) is 1. The standard InChI is InChI=1S/C50H42OSi2/c1-52(2,3)33-24-27-44-41(28-33)43-30-34(53(4,5)6)29-42(50(43)51-44)35-25-26-40-47-36(35)22-15-23-39(47)48-45(31-16-9-7-10-17-31)37-20-13-14-21-38(37)46(49(40)48)32-18-11-8-12-19-32/h7-30H,1-6H3. The van der Waals surface area contributed by atoms with Crippen LogP contribution in [-0.4, -0.2) is 16.1 Å². The van der Waals surface area contributed by atoms with Gasteiger partial charge in [0.2, 0.25) is 0 Å². The van der Waals surface area contributed by atoms with E-state index in [2.05, 4.69) is 185 Å². The fourth-order valence-corrected chi connectivity index (χ4v) is 11.1. The second-order valence-electron chi connectivity index (χ2n) is 16.9. The van der Waals surface area contributed by atoms with E-state index >= 15 is 0 Å². The van der Waals surface area contributed by atoms with Crippen molar-refractivity contribution in [3.05, 3.63) is 146 Å². The first-order valence-electron chi connectivity index (χ1n) is 18.9. The molecule has 0 atom stereocenters. The van der Waals surface area contributed by atoms with E-state index < -0.39 is 16.1 Å². The number of benzene rings is 8. The van der Waals surface area contributed by atoms with Crippen molar-refractivity contribution in [1.29, 1.82) is 0 Å². The number of rotatable bonds is 5. The molecular formula is C50H42OSi2. The first-order valence-corrected chi connectivity index (χ1v) is 25.9. The maximum absolute atomic E-state index is 6.90. The Kier molecular flexibility index (Phi) is 6.99. The van der Waals surface area contributed by atoms with Gasteiger partial charge in [-0.1, -0.05) is 189 Å². The van der Waals surface area contributed by atoms with Crippen LogP contribution in [-0.2, 0) is 0 Å². The molecule has 0 radical (unpaired) electrons. The molecule has 53 heavy (non-hydrogen) atoms. The molecule has 0 spiro atoms. The van der Waals surface area contributed by atoms with Gasteiger partial charge >= 0.3 is 0 Å². The van der Waals surface area contributed by atoms with Crippen molar-refractivity contribution in [2.24, 2.45) is 0 Å². The summed E-state index contributed by atoms with van der Waals surface area (Å²) in [6, 6.07) is 54.6. The van der Waals surface area contributed by atoms with E-state index in [0.29, 0.717) is 0 Å². The van der Waals surface area contributed by atoms with E-state index in [9.17, 15) is 0 Å². The molecule has 0 aliphatic heterocycles. The maximum atomic E-state index is 6.90. The average Bonchev–Trinajstić information content (AvgIpc) is 3.70. The third-order valence-electron chi connectivity index (χ3n) is 11.5. The van der Waals surface area contributed by atoms with Gasteiger partial charge in [-0.3, -0.25) is 0 Å². The zero-order valence-electron chi connectivity index (χ0n) is 31.3. The first-order chi connectivity index (χ1) is 25.6. The SMILES string of the molecule is C[Si](C)(C)c1ccc2oc3c(-c4ccc5c6c(cccc46)-c4c-5c(-c5ccccc5)c5ccccc5c4-c4ccccc4)cc([Si](C)(C)C)cc3c2c1. The lowest BCUT2D eigenvalue weighted by atomic mass is 9.82. The molecule has 0 N–H and O–H groups in total. The lowest BCUT2D eigenvalue weighted by molar-refractivity contribution is 0.670. The van der Waals surface area contributed by atoms with Crippen LogP contribution in [0.15, 0.2) is 150 Å². The van der Waals surface area contributed by atoms with Gasteiger partial charge < -0.3 is 4.42 Å². The van der Waals surface area contributed by atoms with Crippen molar-refractivity contribution in [2.75, 3.05) is 0 Å². The van der Waals surface area contributed by atoms with Crippen molar-refractivity contribution in [1.82, 2.24) is 0 Å². The Bertz CT molecular complexity index is 2850. The molecule has 0 unspecified atom stereocenters. The average molecular weight is 715 g/mol. The van der Waals surface area contributed by atoms with Gasteiger partial charge in [0.15, 0.2) is 0 Å². The van der Waals surface area contributed by atoms with E-state index in [-0.39, 0.29) is 0 Å². The zero-order valence-corrected chi connectivity index (χ0v) is 33.3. The Labute approximate surface area is 313 Å². The fraction of sp³-hybridized carbons (Fsp3) is 0.120. The predicted molar refractivity (Wildman–Crippen MR) is 235 cm³/mol. The highest BCUT2D eigenvalue weighted by Gasteiger charge is 2.32. The summed E-state index contributed by atoms with van der Waals surface area (Å²) in [4.78, 5) is 0. The zero-order chi connectivity index (χ0) is 36.2. The molecule has 1 aliphatic carbocycles. The molecule has 0 fully saturated rings. The molecule has 8 aromatic carbocycles. The van der Waals surface area contributed by atoms with Crippen LogP contribution in [0.1, 0.15) is 0 Å². The van der Waals surface area contributed by atoms with Gasteiger partial charge in [0, 0.05) is 16.3 Å². The molecular weight excluding hydrogens is 673 g/mol. The van der Waals surface area contributed by atoms with Gasteiger partial charge in [0.25, 0.3) is 0 Å². The van der Waals surface area contributed by atoms with E-state index in [4.69, 9.17) is 4.42 Å². The summed E-state index contributed by atoms with van der Waals surface area (Å²) < 4.78 is 6.90. The molecule has 0 amide bonds. The van der Waals surface area contributed by atoms with Crippen LogP contribution < -0.4 is 10.4 Å². The third-order valence-corrected chi connectivity index (χ3v) is 15.6. The van der Waals surface area contributed by atoms with Gasteiger partial charge in [0.05, 0.1) is 16.1 Å². The van der Waals surface area contributed by atoms with Crippen molar-refractivity contribution in [3.8, 4) is 55.6 Å². The molecule has 0 bridgehead atoms. The number of hydrogen-bond donors (Lipinski definition) is 0. The van der Waals surface area contributed by atoms with E-state index in [1.807, 2.05) is 0 Å². The molecule has 0 saturated carbocycles. The molecule has 10 rings (SSSR count). The minimum absolute atomic E-state index is 0.973. The molecule has 256 valence electrons. The van der Waals surface area contributed by atoms with Crippen molar-refractivity contribution in [3.63, 3.8) is 0 Å². The molecule has 1 nitrogen and oxygen atoms in total. The highest BCUT2D eigenvalue weighted by molar-refractivity contribution is 6.89. The van der Waals surface area contributed by atoms with Gasteiger partial charge in [-0.05, 0) is 77.7 Å². The van der Waals surface area contributed by atoms with E-state index in [1.54, 1.807) is 0 Å². The second-order valence-corrected chi connectivity index (χ2v) is 27.0. The monoisotopic (exact) mass is 714 g/mol. The highest BCUT2D eigenvalue weighted by Crippen LogP contribution is 2.58. The van der Waals surface area contributed by atoms with Gasteiger partial charge in [0.1, 0.15) is 11.2 Å². The summed E-state index contributed by atoms with van der Waals surface area (Å²) in [6.45, 7) is 14.6. The predicted octanol–water partition coefficient (Wildman–Crippen LogP) is 13.6. The first kappa shape index (κ1) is 32.2. The fourth-order valence-electron chi connectivity index (χ4n) is 8.82. The quantitative estimate of drug-likeness (QED) is 0.162. The lowest BCUT2D eigenvalue weighted by Crippen LogP contribution is -2.37. The van der Waals surface area contributed by atoms with E-state index in [0.717, 1.165) is 11.2 Å². The number of furan rings is 1. The molecule has 3 heteroatoms. The summed E-state index contributed by atoms with van der Waals surface area (Å²) in [5.41, 5.74) is 14.8. The normalized spacial score (nSPS) is 12.7. The van der Waals surface area contributed by atoms with Crippen molar-refractivity contribution >= 4 is 70.0 Å². The van der Waals surface area contributed by atoms with Crippen LogP contribution in [0.2, 0.25) is 39.3 Å². The van der Waals surface area contributed by atoms with Crippen LogP contribution in [0.25, 0.3) is 99.1 Å². The topological polar surface area (TPSA) is 13.1 Å². The third kappa shape index (κ3) is 4.87.